The Balaban J connectivity index is 2.21. The van der Waals surface area contributed by atoms with Gasteiger partial charge in [-0.25, -0.2) is 4.39 Å². The van der Waals surface area contributed by atoms with Gasteiger partial charge >= 0.3 is 0 Å². The zero-order valence-corrected chi connectivity index (χ0v) is 10.2. The SMILES string of the molecule is CC(C)c1ccc(N2CCCCC2)c(F)c1. The van der Waals surface area contributed by atoms with Crippen molar-refractivity contribution in [1.82, 2.24) is 0 Å². The van der Waals surface area contributed by atoms with E-state index in [0.717, 1.165) is 24.3 Å². The molecule has 0 aliphatic carbocycles. The Labute approximate surface area is 97.3 Å². The predicted octanol–water partition coefficient (Wildman–Crippen LogP) is 3.94. The maximum Gasteiger partial charge on any atom is 0.146 e. The zero-order chi connectivity index (χ0) is 11.5. The van der Waals surface area contributed by atoms with E-state index < -0.39 is 0 Å². The third-order valence-electron chi connectivity index (χ3n) is 3.34. The third kappa shape index (κ3) is 2.37. The average Bonchev–Trinajstić information content (AvgIpc) is 2.30. The molecule has 1 nitrogen and oxygen atoms in total. The number of nitrogens with zero attached hydrogens (tertiary/aromatic N) is 1. The molecule has 16 heavy (non-hydrogen) atoms. The van der Waals surface area contributed by atoms with E-state index in [0.29, 0.717) is 5.92 Å². The molecule has 2 heteroatoms. The fourth-order valence-corrected chi connectivity index (χ4v) is 2.27. The Kier molecular flexibility index (Phi) is 3.47. The van der Waals surface area contributed by atoms with Crippen molar-refractivity contribution in [3.63, 3.8) is 0 Å². The van der Waals surface area contributed by atoms with Crippen LogP contribution in [-0.4, -0.2) is 13.1 Å². The van der Waals surface area contributed by atoms with Crippen molar-refractivity contribution in [2.45, 2.75) is 39.0 Å². The largest absolute Gasteiger partial charge is 0.369 e. The minimum Gasteiger partial charge on any atom is -0.369 e. The lowest BCUT2D eigenvalue weighted by molar-refractivity contribution is 0.556. The van der Waals surface area contributed by atoms with Gasteiger partial charge in [0, 0.05) is 13.1 Å². The first kappa shape index (κ1) is 11.4. The summed E-state index contributed by atoms with van der Waals surface area (Å²) in [6.07, 6.45) is 3.65. The Morgan fingerprint density at radius 3 is 2.38 bits per heavy atom. The highest BCUT2D eigenvalue weighted by molar-refractivity contribution is 5.49. The van der Waals surface area contributed by atoms with E-state index in [2.05, 4.69) is 24.8 Å². The second-order valence-corrected chi connectivity index (χ2v) is 4.91. The Bertz CT molecular complexity index is 354. The van der Waals surface area contributed by atoms with E-state index in [-0.39, 0.29) is 5.82 Å². The molecule has 88 valence electrons. The Morgan fingerprint density at radius 1 is 1.12 bits per heavy atom. The summed E-state index contributed by atoms with van der Waals surface area (Å²) in [6, 6.07) is 5.68. The molecule has 1 aromatic carbocycles. The van der Waals surface area contributed by atoms with Crippen LogP contribution in [0.4, 0.5) is 10.1 Å². The number of piperidine rings is 1. The maximum atomic E-state index is 14.0. The Hall–Kier alpha value is -1.05. The van der Waals surface area contributed by atoms with E-state index in [1.54, 1.807) is 6.07 Å². The van der Waals surface area contributed by atoms with Gasteiger partial charge in [0.05, 0.1) is 5.69 Å². The van der Waals surface area contributed by atoms with Crippen molar-refractivity contribution in [3.8, 4) is 0 Å². The normalized spacial score (nSPS) is 16.9. The van der Waals surface area contributed by atoms with Crippen LogP contribution in [0.1, 0.15) is 44.6 Å². The van der Waals surface area contributed by atoms with Crippen LogP contribution in [0.3, 0.4) is 0 Å². The van der Waals surface area contributed by atoms with Gasteiger partial charge in [0.15, 0.2) is 0 Å². The van der Waals surface area contributed by atoms with Gasteiger partial charge in [-0.3, -0.25) is 0 Å². The number of hydrogen-bond acceptors (Lipinski definition) is 1. The first-order chi connectivity index (χ1) is 7.68. The topological polar surface area (TPSA) is 3.24 Å². The fraction of sp³-hybridized carbons (Fsp3) is 0.571. The molecular weight excluding hydrogens is 201 g/mol. The minimum atomic E-state index is -0.0619. The highest BCUT2D eigenvalue weighted by Gasteiger charge is 2.15. The van der Waals surface area contributed by atoms with Gasteiger partial charge in [-0.15, -0.1) is 0 Å². The van der Waals surface area contributed by atoms with Gasteiger partial charge in [-0.2, -0.15) is 0 Å². The zero-order valence-electron chi connectivity index (χ0n) is 10.2. The summed E-state index contributed by atoms with van der Waals surface area (Å²) in [5.74, 6) is 0.331. The van der Waals surface area contributed by atoms with Gasteiger partial charge in [0.1, 0.15) is 5.82 Å². The second kappa shape index (κ2) is 4.86. The van der Waals surface area contributed by atoms with E-state index in [1.807, 2.05) is 6.07 Å². The van der Waals surface area contributed by atoms with Gasteiger partial charge < -0.3 is 4.90 Å². The lowest BCUT2D eigenvalue weighted by Crippen LogP contribution is -2.30. The summed E-state index contributed by atoms with van der Waals surface area (Å²) in [5.41, 5.74) is 1.86. The molecule has 1 fully saturated rings. The summed E-state index contributed by atoms with van der Waals surface area (Å²) in [6.45, 7) is 6.18. The van der Waals surface area contributed by atoms with Crippen LogP contribution in [0.25, 0.3) is 0 Å². The first-order valence-corrected chi connectivity index (χ1v) is 6.23. The molecule has 0 amide bonds. The highest BCUT2D eigenvalue weighted by Crippen LogP contribution is 2.26. The van der Waals surface area contributed by atoms with Gasteiger partial charge in [0.2, 0.25) is 0 Å². The van der Waals surface area contributed by atoms with Gasteiger partial charge in [-0.1, -0.05) is 19.9 Å². The molecule has 0 saturated carbocycles. The molecular formula is C14H20FN. The standard InChI is InChI=1S/C14H20FN/c1-11(2)12-6-7-14(13(15)10-12)16-8-4-3-5-9-16/h6-7,10-11H,3-5,8-9H2,1-2H3. The molecule has 0 atom stereocenters. The van der Waals surface area contributed by atoms with E-state index >= 15 is 0 Å². The first-order valence-electron chi connectivity index (χ1n) is 6.23. The molecule has 1 heterocycles. The summed E-state index contributed by atoms with van der Waals surface area (Å²) >= 11 is 0. The summed E-state index contributed by atoms with van der Waals surface area (Å²) in [7, 11) is 0. The summed E-state index contributed by atoms with van der Waals surface area (Å²) in [4.78, 5) is 2.17. The second-order valence-electron chi connectivity index (χ2n) is 4.91. The van der Waals surface area contributed by atoms with Crippen LogP contribution < -0.4 is 4.90 Å². The molecule has 2 rings (SSSR count). The molecule has 1 aromatic rings. The maximum absolute atomic E-state index is 14.0. The molecule has 1 aliphatic heterocycles. The van der Waals surface area contributed by atoms with Crippen molar-refractivity contribution in [1.29, 1.82) is 0 Å². The van der Waals surface area contributed by atoms with Crippen LogP contribution >= 0.6 is 0 Å². The number of rotatable bonds is 2. The highest BCUT2D eigenvalue weighted by atomic mass is 19.1. The molecule has 0 aromatic heterocycles. The lowest BCUT2D eigenvalue weighted by Gasteiger charge is -2.29. The van der Waals surface area contributed by atoms with Crippen molar-refractivity contribution in [2.24, 2.45) is 0 Å². The van der Waals surface area contributed by atoms with Crippen LogP contribution in [0.5, 0.6) is 0 Å². The van der Waals surface area contributed by atoms with E-state index in [9.17, 15) is 4.39 Å². The molecule has 0 unspecified atom stereocenters. The molecule has 0 radical (unpaired) electrons. The molecule has 0 spiro atoms. The van der Waals surface area contributed by atoms with Crippen LogP contribution in [-0.2, 0) is 0 Å². The minimum absolute atomic E-state index is 0.0619. The van der Waals surface area contributed by atoms with Crippen LogP contribution in [0.2, 0.25) is 0 Å². The smallest absolute Gasteiger partial charge is 0.146 e. The lowest BCUT2D eigenvalue weighted by atomic mass is 10.0. The van der Waals surface area contributed by atoms with Crippen LogP contribution in [0.15, 0.2) is 18.2 Å². The van der Waals surface area contributed by atoms with Crippen LogP contribution in [0, 0.1) is 5.82 Å². The number of halogens is 1. The van der Waals surface area contributed by atoms with Gasteiger partial charge in [0.25, 0.3) is 0 Å². The molecule has 1 aliphatic rings. The third-order valence-corrected chi connectivity index (χ3v) is 3.34. The van der Waals surface area contributed by atoms with E-state index in [4.69, 9.17) is 0 Å². The number of hydrogen-bond donors (Lipinski definition) is 0. The predicted molar refractivity (Wildman–Crippen MR) is 66.6 cm³/mol. The molecule has 0 N–H and O–H groups in total. The summed E-state index contributed by atoms with van der Waals surface area (Å²) < 4.78 is 14.0. The monoisotopic (exact) mass is 221 g/mol. The van der Waals surface area contributed by atoms with E-state index in [1.165, 1.54) is 19.3 Å². The fourth-order valence-electron chi connectivity index (χ4n) is 2.27. The average molecular weight is 221 g/mol. The van der Waals surface area contributed by atoms with Crippen molar-refractivity contribution in [3.05, 3.63) is 29.6 Å². The van der Waals surface area contributed by atoms with Crippen molar-refractivity contribution in [2.75, 3.05) is 18.0 Å². The summed E-state index contributed by atoms with van der Waals surface area (Å²) in [5, 5.41) is 0. The quantitative estimate of drug-likeness (QED) is 0.731. The van der Waals surface area contributed by atoms with Crippen molar-refractivity contribution >= 4 is 5.69 Å². The number of anilines is 1. The molecule has 1 saturated heterocycles. The van der Waals surface area contributed by atoms with Crippen molar-refractivity contribution < 1.29 is 4.39 Å². The number of benzene rings is 1. The molecule has 0 bridgehead atoms. The Morgan fingerprint density at radius 2 is 1.81 bits per heavy atom. The van der Waals surface area contributed by atoms with Gasteiger partial charge in [-0.05, 0) is 42.9 Å².